The second kappa shape index (κ2) is 9.00. The van der Waals surface area contributed by atoms with Gasteiger partial charge in [-0.2, -0.15) is 0 Å². The topological polar surface area (TPSA) is 55.1 Å². The summed E-state index contributed by atoms with van der Waals surface area (Å²) in [5.74, 6) is 1.23. The van der Waals surface area contributed by atoms with Gasteiger partial charge in [0.1, 0.15) is 0 Å². The SMILES string of the molecule is Cc1ccc(-c2cnc(CCC(=O)NC(C)(c3ccccc3)c3ccccc3)o2)cc1. The highest BCUT2D eigenvalue weighted by Crippen LogP contribution is 2.29. The molecule has 0 atom stereocenters. The lowest BCUT2D eigenvalue weighted by Gasteiger charge is -2.32. The third-order valence-corrected chi connectivity index (χ3v) is 5.55. The van der Waals surface area contributed by atoms with Crippen LogP contribution in [-0.2, 0) is 16.8 Å². The van der Waals surface area contributed by atoms with E-state index >= 15 is 0 Å². The number of nitrogens with zero attached hydrogens (tertiary/aromatic N) is 1. The number of hydrogen-bond acceptors (Lipinski definition) is 3. The van der Waals surface area contributed by atoms with Crippen molar-refractivity contribution in [1.29, 1.82) is 0 Å². The number of nitrogens with one attached hydrogen (secondary N) is 1. The third-order valence-electron chi connectivity index (χ3n) is 5.55. The Morgan fingerprint density at radius 1 is 0.903 bits per heavy atom. The van der Waals surface area contributed by atoms with Gasteiger partial charge in [0.15, 0.2) is 11.7 Å². The maximum absolute atomic E-state index is 12.9. The highest BCUT2D eigenvalue weighted by molar-refractivity contribution is 5.78. The normalized spacial score (nSPS) is 11.3. The van der Waals surface area contributed by atoms with Gasteiger partial charge in [0, 0.05) is 18.4 Å². The number of hydrogen-bond donors (Lipinski definition) is 1. The second-order valence-electron chi connectivity index (χ2n) is 7.89. The Labute approximate surface area is 183 Å². The molecule has 0 bridgehead atoms. The number of carbonyl (C=O) groups is 1. The average molecular weight is 411 g/mol. The van der Waals surface area contributed by atoms with Crippen molar-refractivity contribution in [1.82, 2.24) is 10.3 Å². The van der Waals surface area contributed by atoms with Gasteiger partial charge in [0.05, 0.1) is 11.7 Å². The maximum Gasteiger partial charge on any atom is 0.221 e. The molecule has 3 aromatic carbocycles. The fourth-order valence-electron chi connectivity index (χ4n) is 3.69. The number of aryl methyl sites for hydroxylation is 2. The largest absolute Gasteiger partial charge is 0.441 e. The Morgan fingerprint density at radius 3 is 2.06 bits per heavy atom. The quantitative estimate of drug-likeness (QED) is 0.427. The van der Waals surface area contributed by atoms with Crippen LogP contribution in [0.4, 0.5) is 0 Å². The summed E-state index contributed by atoms with van der Waals surface area (Å²) in [6, 6.07) is 28.2. The van der Waals surface area contributed by atoms with E-state index in [0.29, 0.717) is 24.5 Å². The fraction of sp³-hybridized carbons (Fsp3) is 0.185. The minimum absolute atomic E-state index is 0.0507. The van der Waals surface area contributed by atoms with E-state index in [4.69, 9.17) is 4.42 Å². The summed E-state index contributed by atoms with van der Waals surface area (Å²) in [6.07, 6.45) is 2.45. The van der Waals surface area contributed by atoms with Crippen molar-refractivity contribution in [3.05, 3.63) is 114 Å². The summed E-state index contributed by atoms with van der Waals surface area (Å²) in [5, 5.41) is 3.23. The van der Waals surface area contributed by atoms with Gasteiger partial charge in [-0.15, -0.1) is 0 Å². The summed E-state index contributed by atoms with van der Waals surface area (Å²) in [6.45, 7) is 4.09. The first-order valence-corrected chi connectivity index (χ1v) is 10.5. The zero-order chi connectivity index (χ0) is 21.7. The van der Waals surface area contributed by atoms with Gasteiger partial charge >= 0.3 is 0 Å². The van der Waals surface area contributed by atoms with Crippen LogP contribution in [0.25, 0.3) is 11.3 Å². The minimum Gasteiger partial charge on any atom is -0.441 e. The molecule has 0 aliphatic carbocycles. The fourth-order valence-corrected chi connectivity index (χ4v) is 3.69. The van der Waals surface area contributed by atoms with Gasteiger partial charge in [-0.05, 0) is 25.0 Å². The molecule has 0 unspecified atom stereocenters. The molecule has 1 heterocycles. The predicted molar refractivity (Wildman–Crippen MR) is 122 cm³/mol. The van der Waals surface area contributed by atoms with Crippen molar-refractivity contribution in [3.8, 4) is 11.3 Å². The monoisotopic (exact) mass is 410 g/mol. The van der Waals surface area contributed by atoms with E-state index in [-0.39, 0.29) is 5.91 Å². The lowest BCUT2D eigenvalue weighted by molar-refractivity contribution is -0.122. The molecular formula is C27H26N2O2. The molecule has 1 aromatic heterocycles. The van der Waals surface area contributed by atoms with Crippen molar-refractivity contribution >= 4 is 5.91 Å². The molecule has 0 aliphatic rings. The van der Waals surface area contributed by atoms with Crippen LogP contribution >= 0.6 is 0 Å². The van der Waals surface area contributed by atoms with Crippen LogP contribution in [0.2, 0.25) is 0 Å². The molecule has 0 saturated heterocycles. The van der Waals surface area contributed by atoms with Crippen molar-refractivity contribution in [3.63, 3.8) is 0 Å². The standard InChI is InChI=1S/C27H26N2O2/c1-20-13-15-21(16-14-20)24-19-28-26(31-24)18-17-25(30)29-27(2,22-9-5-3-6-10-22)23-11-7-4-8-12-23/h3-16,19H,17-18H2,1-2H3,(H,29,30). The van der Waals surface area contributed by atoms with E-state index in [0.717, 1.165) is 16.7 Å². The molecule has 4 rings (SSSR count). The van der Waals surface area contributed by atoms with Crippen molar-refractivity contribution in [2.24, 2.45) is 0 Å². The van der Waals surface area contributed by atoms with Crippen molar-refractivity contribution < 1.29 is 9.21 Å². The third kappa shape index (κ3) is 4.75. The summed E-state index contributed by atoms with van der Waals surface area (Å²) >= 11 is 0. The lowest BCUT2D eigenvalue weighted by Crippen LogP contribution is -2.44. The molecule has 31 heavy (non-hydrogen) atoms. The summed E-state index contributed by atoms with van der Waals surface area (Å²) in [5.41, 5.74) is 3.62. The van der Waals surface area contributed by atoms with Gasteiger partial charge in [-0.3, -0.25) is 4.79 Å². The summed E-state index contributed by atoms with van der Waals surface area (Å²) in [4.78, 5) is 17.3. The van der Waals surface area contributed by atoms with E-state index in [9.17, 15) is 4.79 Å². The van der Waals surface area contributed by atoms with Crippen LogP contribution in [0, 0.1) is 6.92 Å². The molecule has 0 aliphatic heterocycles. The smallest absolute Gasteiger partial charge is 0.221 e. The number of carbonyl (C=O) groups excluding carboxylic acids is 1. The molecule has 0 fully saturated rings. The predicted octanol–water partition coefficient (Wildman–Crippen LogP) is 5.66. The molecule has 1 amide bonds. The first-order chi connectivity index (χ1) is 15.0. The van der Waals surface area contributed by atoms with Gasteiger partial charge in [-0.25, -0.2) is 4.98 Å². The molecule has 4 aromatic rings. The van der Waals surface area contributed by atoms with Crippen LogP contribution in [0.1, 0.15) is 35.9 Å². The number of oxazole rings is 1. The lowest BCUT2D eigenvalue weighted by atomic mass is 9.84. The minimum atomic E-state index is -0.622. The van der Waals surface area contributed by atoms with Crippen LogP contribution < -0.4 is 5.32 Å². The number of aromatic nitrogens is 1. The van der Waals surface area contributed by atoms with E-state index in [1.165, 1.54) is 5.56 Å². The number of rotatable bonds is 7. The molecule has 4 heteroatoms. The van der Waals surface area contributed by atoms with Gasteiger partial charge in [0.2, 0.25) is 5.91 Å². The van der Waals surface area contributed by atoms with Gasteiger partial charge in [-0.1, -0.05) is 90.5 Å². The second-order valence-corrected chi connectivity index (χ2v) is 7.89. The molecule has 4 nitrogen and oxygen atoms in total. The van der Waals surface area contributed by atoms with E-state index in [1.54, 1.807) is 6.20 Å². The summed E-state index contributed by atoms with van der Waals surface area (Å²) < 4.78 is 5.87. The number of amides is 1. The van der Waals surface area contributed by atoms with E-state index in [2.05, 4.69) is 10.3 Å². The molecule has 0 saturated carbocycles. The molecular weight excluding hydrogens is 384 g/mol. The molecule has 0 radical (unpaired) electrons. The average Bonchev–Trinajstić information content (AvgIpc) is 3.28. The van der Waals surface area contributed by atoms with Crippen molar-refractivity contribution in [2.45, 2.75) is 32.2 Å². The van der Waals surface area contributed by atoms with Gasteiger partial charge < -0.3 is 9.73 Å². The Kier molecular flexibility index (Phi) is 5.99. The molecule has 156 valence electrons. The molecule has 1 N–H and O–H groups in total. The highest BCUT2D eigenvalue weighted by atomic mass is 16.4. The Morgan fingerprint density at radius 2 is 1.48 bits per heavy atom. The van der Waals surface area contributed by atoms with Crippen LogP contribution in [0.15, 0.2) is 95.5 Å². The Hall–Kier alpha value is -3.66. The van der Waals surface area contributed by atoms with E-state index < -0.39 is 5.54 Å². The van der Waals surface area contributed by atoms with Crippen LogP contribution in [-0.4, -0.2) is 10.9 Å². The summed E-state index contributed by atoms with van der Waals surface area (Å²) in [7, 11) is 0. The zero-order valence-corrected chi connectivity index (χ0v) is 17.8. The van der Waals surface area contributed by atoms with E-state index in [1.807, 2.05) is 98.8 Å². The first kappa shape index (κ1) is 20.6. The Balaban J connectivity index is 1.46. The van der Waals surface area contributed by atoms with Crippen molar-refractivity contribution in [2.75, 3.05) is 0 Å². The number of benzene rings is 3. The first-order valence-electron chi connectivity index (χ1n) is 10.5. The van der Waals surface area contributed by atoms with Crippen LogP contribution in [0.5, 0.6) is 0 Å². The molecule has 0 spiro atoms. The zero-order valence-electron chi connectivity index (χ0n) is 17.8. The van der Waals surface area contributed by atoms with Crippen LogP contribution in [0.3, 0.4) is 0 Å². The maximum atomic E-state index is 12.9. The highest BCUT2D eigenvalue weighted by Gasteiger charge is 2.30. The Bertz CT molecular complexity index is 1090. The van der Waals surface area contributed by atoms with Gasteiger partial charge in [0.25, 0.3) is 0 Å².